The minimum absolute atomic E-state index is 0.0207. The topological polar surface area (TPSA) is 55.8 Å². The van der Waals surface area contributed by atoms with Gasteiger partial charge < -0.3 is 14.6 Å². The van der Waals surface area contributed by atoms with Gasteiger partial charge in [0.2, 0.25) is 0 Å². The Kier molecular flexibility index (Phi) is 5.44. The number of halogens is 8. The molecule has 3 unspecified atom stereocenters. The average Bonchev–Trinajstić information content (AvgIpc) is 2.41. The van der Waals surface area contributed by atoms with Crippen molar-refractivity contribution in [3.8, 4) is 0 Å². The minimum atomic E-state index is -6.27. The fourth-order valence-corrected chi connectivity index (χ4v) is 1.90. The van der Waals surface area contributed by atoms with Crippen molar-refractivity contribution in [1.82, 2.24) is 0 Å². The number of hydrogen-bond acceptors (Lipinski definition) is 4. The van der Waals surface area contributed by atoms with Gasteiger partial charge in [0.1, 0.15) is 0 Å². The van der Waals surface area contributed by atoms with Crippen molar-refractivity contribution in [2.45, 2.75) is 69.9 Å². The van der Waals surface area contributed by atoms with E-state index in [0.29, 0.717) is 0 Å². The van der Waals surface area contributed by atoms with E-state index >= 15 is 0 Å². The average molecular weight is 388 g/mol. The predicted octanol–water partition coefficient (Wildman–Crippen LogP) is 3.57. The van der Waals surface area contributed by atoms with Gasteiger partial charge in [0.25, 0.3) is 0 Å². The summed E-state index contributed by atoms with van der Waals surface area (Å²) in [4.78, 5) is 11.8. The second-order valence-corrected chi connectivity index (χ2v) is 6.28. The molecule has 1 N–H and O–H groups in total. The van der Waals surface area contributed by atoms with Gasteiger partial charge in [-0.25, -0.2) is 0 Å². The van der Waals surface area contributed by atoms with Crippen LogP contribution in [0.4, 0.5) is 35.1 Å². The maximum atomic E-state index is 14.1. The van der Waals surface area contributed by atoms with E-state index in [1.807, 2.05) is 0 Å². The summed E-state index contributed by atoms with van der Waals surface area (Å²) in [5.74, 6) is -12.2. The molecule has 1 rings (SSSR count). The van der Waals surface area contributed by atoms with E-state index in [4.69, 9.17) is 0 Å². The molecule has 0 amide bonds. The Morgan fingerprint density at radius 3 is 2.04 bits per heavy atom. The maximum Gasteiger partial charge on any atom is 0.449 e. The van der Waals surface area contributed by atoms with Crippen LogP contribution in [0.1, 0.15) is 33.6 Å². The number of carbonyl (C=O) groups is 1. The minimum Gasteiger partial charge on any atom is -0.455 e. The van der Waals surface area contributed by atoms with Gasteiger partial charge in [-0.05, 0) is 20.3 Å². The first-order valence-electron chi connectivity index (χ1n) is 7.02. The van der Waals surface area contributed by atoms with Gasteiger partial charge in [-0.15, -0.1) is 0 Å². The molecular weight excluding hydrogens is 372 g/mol. The van der Waals surface area contributed by atoms with E-state index in [0.717, 1.165) is 0 Å². The van der Waals surface area contributed by atoms with Crippen LogP contribution in [0.15, 0.2) is 0 Å². The number of hydrogen-bond donors (Lipinski definition) is 1. The Labute approximate surface area is 137 Å². The highest BCUT2D eigenvalue weighted by Gasteiger charge is 2.79. The van der Waals surface area contributed by atoms with E-state index in [1.165, 1.54) is 20.8 Å². The van der Waals surface area contributed by atoms with Crippen LogP contribution in [0.5, 0.6) is 0 Å². The molecule has 0 aromatic carbocycles. The molecule has 1 aliphatic heterocycles. The number of rotatable bonds is 3. The summed E-state index contributed by atoms with van der Waals surface area (Å²) in [6.45, 7) is 3.86. The van der Waals surface area contributed by atoms with Crippen molar-refractivity contribution < 1.29 is 54.5 Å². The van der Waals surface area contributed by atoms with Crippen LogP contribution in [-0.4, -0.2) is 47.3 Å². The maximum absolute atomic E-state index is 14.1. The second-order valence-electron chi connectivity index (χ2n) is 6.28. The van der Waals surface area contributed by atoms with Crippen LogP contribution < -0.4 is 0 Å². The third-order valence-corrected chi connectivity index (χ3v) is 4.03. The van der Waals surface area contributed by atoms with Crippen molar-refractivity contribution in [3.63, 3.8) is 0 Å². The second kappa shape index (κ2) is 6.22. The van der Waals surface area contributed by atoms with Gasteiger partial charge >= 0.3 is 30.0 Å². The van der Waals surface area contributed by atoms with Gasteiger partial charge in [-0.1, -0.05) is 6.92 Å². The molecule has 0 saturated carbocycles. The summed E-state index contributed by atoms with van der Waals surface area (Å²) in [7, 11) is 0. The van der Waals surface area contributed by atoms with E-state index in [2.05, 4.69) is 9.47 Å². The van der Waals surface area contributed by atoms with Crippen molar-refractivity contribution >= 4 is 5.97 Å². The molecule has 0 radical (unpaired) electrons. The largest absolute Gasteiger partial charge is 0.455 e. The summed E-state index contributed by atoms with van der Waals surface area (Å²) in [6, 6.07) is 0. The van der Waals surface area contributed by atoms with Crippen molar-refractivity contribution in [2.24, 2.45) is 5.41 Å². The number of ether oxygens (including phenoxy) is 2. The Morgan fingerprint density at radius 2 is 1.68 bits per heavy atom. The molecule has 1 fully saturated rings. The molecule has 0 aliphatic carbocycles. The number of aliphatic hydroxyl groups is 1. The number of esters is 1. The monoisotopic (exact) mass is 388 g/mol. The first-order valence-corrected chi connectivity index (χ1v) is 7.02. The molecule has 25 heavy (non-hydrogen) atoms. The highest BCUT2D eigenvalue weighted by atomic mass is 19.4. The van der Waals surface area contributed by atoms with E-state index in [9.17, 15) is 45.0 Å². The highest BCUT2D eigenvalue weighted by Crippen LogP contribution is 2.52. The molecule has 3 atom stereocenters. The van der Waals surface area contributed by atoms with Crippen LogP contribution >= 0.6 is 0 Å². The highest BCUT2D eigenvalue weighted by molar-refractivity contribution is 5.76. The van der Waals surface area contributed by atoms with Gasteiger partial charge in [-0.2, -0.15) is 35.1 Å². The van der Waals surface area contributed by atoms with Crippen LogP contribution in [0.3, 0.4) is 0 Å². The summed E-state index contributed by atoms with van der Waals surface area (Å²) in [6.07, 6.45) is -20.1. The lowest BCUT2D eigenvalue weighted by Gasteiger charge is -2.47. The lowest BCUT2D eigenvalue weighted by Crippen LogP contribution is -2.71. The van der Waals surface area contributed by atoms with E-state index in [-0.39, 0.29) is 6.42 Å². The molecule has 148 valence electrons. The molecule has 4 nitrogen and oxygen atoms in total. The molecule has 0 bridgehead atoms. The standard InChI is InChI=1S/C13H16F8O4/c1-4-9(2,3)8(22)24-6-5-7(11(16,17)18)25-12(23,10(6,14)15)13(19,20)21/h6-7,23H,4-5H2,1-3H3. The third-order valence-electron chi connectivity index (χ3n) is 4.03. The molecule has 0 aromatic heterocycles. The summed E-state index contributed by atoms with van der Waals surface area (Å²) < 4.78 is 112. The summed E-state index contributed by atoms with van der Waals surface area (Å²) in [5.41, 5.74) is -1.43. The quantitative estimate of drug-likeness (QED) is 0.593. The zero-order chi connectivity index (χ0) is 20.1. The number of carbonyl (C=O) groups excluding carboxylic acids is 1. The molecule has 12 heteroatoms. The predicted molar refractivity (Wildman–Crippen MR) is 65.4 cm³/mol. The Morgan fingerprint density at radius 1 is 1.20 bits per heavy atom. The molecule has 0 aromatic rings. The lowest BCUT2D eigenvalue weighted by atomic mass is 9.89. The van der Waals surface area contributed by atoms with Crippen LogP contribution in [0.25, 0.3) is 0 Å². The third kappa shape index (κ3) is 3.83. The fourth-order valence-electron chi connectivity index (χ4n) is 1.90. The van der Waals surface area contributed by atoms with E-state index in [1.54, 1.807) is 0 Å². The van der Waals surface area contributed by atoms with Crippen molar-refractivity contribution in [3.05, 3.63) is 0 Å². The Hall–Kier alpha value is -1.17. The van der Waals surface area contributed by atoms with Gasteiger partial charge in [-0.3, -0.25) is 4.79 Å². The Balaban J connectivity index is 3.32. The normalized spacial score (nSPS) is 30.9. The van der Waals surface area contributed by atoms with Crippen molar-refractivity contribution in [2.75, 3.05) is 0 Å². The summed E-state index contributed by atoms with van der Waals surface area (Å²) >= 11 is 0. The molecule has 1 aliphatic rings. The first kappa shape index (κ1) is 21.9. The van der Waals surface area contributed by atoms with Crippen molar-refractivity contribution in [1.29, 1.82) is 0 Å². The Bertz CT molecular complexity index is 513. The zero-order valence-electron chi connectivity index (χ0n) is 13.3. The van der Waals surface area contributed by atoms with Crippen LogP contribution in [0, 0.1) is 5.41 Å². The molecule has 1 saturated heterocycles. The summed E-state index contributed by atoms with van der Waals surface area (Å²) in [5, 5.41) is 9.22. The smallest absolute Gasteiger partial charge is 0.449 e. The number of alkyl halides is 8. The lowest BCUT2D eigenvalue weighted by molar-refractivity contribution is -0.483. The van der Waals surface area contributed by atoms with Crippen LogP contribution in [-0.2, 0) is 14.3 Å². The zero-order valence-corrected chi connectivity index (χ0v) is 13.3. The van der Waals surface area contributed by atoms with Gasteiger partial charge in [0.15, 0.2) is 12.2 Å². The first-order chi connectivity index (χ1) is 10.9. The molecular formula is C13H16F8O4. The molecule has 0 spiro atoms. The SMILES string of the molecule is CCC(C)(C)C(=O)OC1CC(C(F)(F)F)OC(O)(C(F)(F)F)C1(F)F. The fraction of sp³-hybridized carbons (Fsp3) is 0.923. The van der Waals surface area contributed by atoms with Gasteiger partial charge in [0.05, 0.1) is 5.41 Å². The van der Waals surface area contributed by atoms with Gasteiger partial charge in [0, 0.05) is 6.42 Å². The van der Waals surface area contributed by atoms with Crippen LogP contribution in [0.2, 0.25) is 0 Å². The molecule has 1 heterocycles. The van der Waals surface area contributed by atoms with E-state index < -0.39 is 54.1 Å².